The van der Waals surface area contributed by atoms with E-state index in [0.29, 0.717) is 0 Å². The molecule has 4 heteroatoms. The molecule has 0 radical (unpaired) electrons. The second-order valence-electron chi connectivity index (χ2n) is 5.37. The highest BCUT2D eigenvalue weighted by Gasteiger charge is 2.20. The van der Waals surface area contributed by atoms with Gasteiger partial charge in [-0.25, -0.2) is 17.6 Å². The molecule has 1 unspecified atom stereocenters. The van der Waals surface area contributed by atoms with E-state index in [-0.39, 0.29) is 16.7 Å². The minimum absolute atomic E-state index is 0.143. The van der Waals surface area contributed by atoms with Crippen molar-refractivity contribution in [2.75, 3.05) is 0 Å². The van der Waals surface area contributed by atoms with E-state index in [1.807, 2.05) is 27.7 Å². The first-order chi connectivity index (χ1) is 11.4. The summed E-state index contributed by atoms with van der Waals surface area (Å²) < 4.78 is 53.3. The first kappa shape index (κ1) is 22.4. The third-order valence-corrected chi connectivity index (χ3v) is 3.78. The molecule has 0 N–H and O–H groups in total. The summed E-state index contributed by atoms with van der Waals surface area (Å²) in [6.45, 7) is 12.2. The van der Waals surface area contributed by atoms with Crippen LogP contribution in [0.4, 0.5) is 17.6 Å². The molecular formula is C20H28F4. The van der Waals surface area contributed by atoms with Crippen LogP contribution in [0.3, 0.4) is 0 Å². The number of hydrogen-bond acceptors (Lipinski definition) is 0. The van der Waals surface area contributed by atoms with Gasteiger partial charge in [-0.2, -0.15) is 0 Å². The third-order valence-electron chi connectivity index (χ3n) is 3.78. The van der Waals surface area contributed by atoms with E-state index in [1.165, 1.54) is 25.0 Å². The minimum Gasteiger partial charge on any atom is -0.203 e. The molecule has 24 heavy (non-hydrogen) atoms. The second-order valence-corrected chi connectivity index (χ2v) is 5.37. The number of rotatable bonds is 3. The number of unbranched alkanes of at least 4 members (excludes halogenated alkanes) is 1. The quantitative estimate of drug-likeness (QED) is 0.303. The second kappa shape index (κ2) is 11.1. The fourth-order valence-corrected chi connectivity index (χ4v) is 1.91. The number of benzene rings is 2. The molecule has 0 aliphatic rings. The summed E-state index contributed by atoms with van der Waals surface area (Å²) in [4.78, 5) is 0. The van der Waals surface area contributed by atoms with E-state index >= 15 is 0 Å². The van der Waals surface area contributed by atoms with Gasteiger partial charge in [-0.1, -0.05) is 66.5 Å². The normalized spacial score (nSPS) is 11.2. The van der Waals surface area contributed by atoms with Gasteiger partial charge in [0.2, 0.25) is 0 Å². The van der Waals surface area contributed by atoms with Gasteiger partial charge < -0.3 is 0 Å². The Bertz CT molecular complexity index is 633. The Balaban J connectivity index is 0.000000773. The SMILES string of the molecule is CC.CCC(C)c1ccc2c(F)c(F)c(F)c(F)c2c1.CCCC. The van der Waals surface area contributed by atoms with Crippen molar-refractivity contribution in [3.8, 4) is 0 Å². The zero-order chi connectivity index (χ0) is 18.9. The van der Waals surface area contributed by atoms with Gasteiger partial charge in [0, 0.05) is 10.8 Å². The molecule has 0 saturated heterocycles. The molecular weight excluding hydrogens is 316 g/mol. The first-order valence-corrected chi connectivity index (χ1v) is 8.64. The van der Waals surface area contributed by atoms with Crippen LogP contribution < -0.4 is 0 Å². The Kier molecular flexibility index (Phi) is 10.3. The summed E-state index contributed by atoms with van der Waals surface area (Å²) in [6.07, 6.45) is 3.46. The number of hydrogen-bond donors (Lipinski definition) is 0. The Morgan fingerprint density at radius 3 is 1.62 bits per heavy atom. The van der Waals surface area contributed by atoms with Crippen molar-refractivity contribution < 1.29 is 17.6 Å². The van der Waals surface area contributed by atoms with Crippen molar-refractivity contribution in [3.63, 3.8) is 0 Å². The molecule has 0 fully saturated rings. The van der Waals surface area contributed by atoms with E-state index in [9.17, 15) is 17.6 Å². The van der Waals surface area contributed by atoms with E-state index in [0.717, 1.165) is 12.0 Å². The highest BCUT2D eigenvalue weighted by Crippen LogP contribution is 2.30. The van der Waals surface area contributed by atoms with Crippen molar-refractivity contribution in [2.45, 2.75) is 66.7 Å². The smallest absolute Gasteiger partial charge is 0.198 e. The van der Waals surface area contributed by atoms with E-state index in [1.54, 1.807) is 6.07 Å². The lowest BCUT2D eigenvalue weighted by Gasteiger charge is -2.11. The molecule has 0 amide bonds. The predicted octanol–water partition coefficient (Wildman–Crippen LogP) is 7.74. The molecule has 0 bridgehead atoms. The maximum Gasteiger partial charge on any atom is 0.198 e. The molecule has 0 aliphatic heterocycles. The lowest BCUT2D eigenvalue weighted by Crippen LogP contribution is -1.99. The highest BCUT2D eigenvalue weighted by atomic mass is 19.2. The van der Waals surface area contributed by atoms with Gasteiger partial charge in [-0.3, -0.25) is 0 Å². The Labute approximate surface area is 142 Å². The van der Waals surface area contributed by atoms with Crippen molar-refractivity contribution in [3.05, 3.63) is 47.0 Å². The van der Waals surface area contributed by atoms with Crippen LogP contribution in [0.15, 0.2) is 18.2 Å². The van der Waals surface area contributed by atoms with Gasteiger partial charge in [-0.15, -0.1) is 0 Å². The third kappa shape index (κ3) is 5.22. The fourth-order valence-electron chi connectivity index (χ4n) is 1.91. The van der Waals surface area contributed by atoms with Gasteiger partial charge >= 0.3 is 0 Å². The van der Waals surface area contributed by atoms with Crippen molar-refractivity contribution >= 4 is 10.8 Å². The van der Waals surface area contributed by atoms with Gasteiger partial charge in [0.25, 0.3) is 0 Å². The van der Waals surface area contributed by atoms with E-state index < -0.39 is 23.3 Å². The summed E-state index contributed by atoms with van der Waals surface area (Å²) in [5, 5.41) is -0.456. The molecule has 136 valence electrons. The lowest BCUT2D eigenvalue weighted by molar-refractivity contribution is 0.418. The molecule has 0 nitrogen and oxygen atoms in total. The van der Waals surface area contributed by atoms with Crippen LogP contribution in [0, 0.1) is 23.3 Å². The van der Waals surface area contributed by atoms with Crippen LogP contribution in [0.25, 0.3) is 10.8 Å². The molecule has 2 aromatic carbocycles. The summed E-state index contributed by atoms with van der Waals surface area (Å²) in [7, 11) is 0. The maximum absolute atomic E-state index is 13.6. The number of halogens is 4. The largest absolute Gasteiger partial charge is 0.203 e. The van der Waals surface area contributed by atoms with E-state index in [2.05, 4.69) is 13.8 Å². The summed E-state index contributed by atoms with van der Waals surface area (Å²) >= 11 is 0. The Morgan fingerprint density at radius 2 is 1.21 bits per heavy atom. The van der Waals surface area contributed by atoms with Crippen LogP contribution in [-0.4, -0.2) is 0 Å². The zero-order valence-corrected chi connectivity index (χ0v) is 15.4. The standard InChI is InChI=1S/C14H12F4.C4H10.C2H6/c1-3-7(2)8-4-5-9-10(6-8)12(16)14(18)13(17)11(9)15;1-3-4-2;1-2/h4-7H,3H2,1-2H3;3-4H2,1-2H3;1-2H3. The molecule has 0 spiro atoms. The molecule has 0 aromatic heterocycles. The van der Waals surface area contributed by atoms with Crippen molar-refractivity contribution in [1.82, 2.24) is 0 Å². The van der Waals surface area contributed by atoms with Crippen LogP contribution in [0.2, 0.25) is 0 Å². The fraction of sp³-hybridized carbons (Fsp3) is 0.500. The van der Waals surface area contributed by atoms with Crippen molar-refractivity contribution in [2.24, 2.45) is 0 Å². The topological polar surface area (TPSA) is 0 Å². The molecule has 2 aromatic rings. The first-order valence-electron chi connectivity index (χ1n) is 8.64. The van der Waals surface area contributed by atoms with E-state index in [4.69, 9.17) is 0 Å². The molecule has 2 rings (SSSR count). The maximum atomic E-state index is 13.6. The monoisotopic (exact) mass is 344 g/mol. The van der Waals surface area contributed by atoms with Crippen molar-refractivity contribution in [1.29, 1.82) is 0 Å². The molecule has 1 atom stereocenters. The average Bonchev–Trinajstić information content (AvgIpc) is 2.65. The van der Waals surface area contributed by atoms with Gasteiger partial charge in [0.05, 0.1) is 0 Å². The summed E-state index contributed by atoms with van der Waals surface area (Å²) in [5.41, 5.74) is 0.773. The Morgan fingerprint density at radius 1 is 0.750 bits per heavy atom. The zero-order valence-electron chi connectivity index (χ0n) is 15.4. The van der Waals surface area contributed by atoms with Crippen LogP contribution in [0.5, 0.6) is 0 Å². The molecule has 0 saturated carbocycles. The predicted molar refractivity (Wildman–Crippen MR) is 94.4 cm³/mol. The van der Waals surface area contributed by atoms with Crippen LogP contribution in [0.1, 0.15) is 72.3 Å². The summed E-state index contributed by atoms with van der Waals surface area (Å²) in [5.74, 6) is -6.07. The molecule has 0 heterocycles. The van der Waals surface area contributed by atoms with Gasteiger partial charge in [0.1, 0.15) is 0 Å². The average molecular weight is 344 g/mol. The lowest BCUT2D eigenvalue weighted by atomic mass is 9.95. The number of fused-ring (bicyclic) bond motifs is 1. The van der Waals surface area contributed by atoms with Gasteiger partial charge in [0.15, 0.2) is 23.3 Å². The van der Waals surface area contributed by atoms with Gasteiger partial charge in [-0.05, 0) is 24.0 Å². The van der Waals surface area contributed by atoms with Crippen LogP contribution >= 0.6 is 0 Å². The Hall–Kier alpha value is -1.58. The molecule has 0 aliphatic carbocycles. The summed E-state index contributed by atoms with van der Waals surface area (Å²) in [6, 6.07) is 4.28. The highest BCUT2D eigenvalue weighted by molar-refractivity contribution is 5.84. The minimum atomic E-state index is -1.77. The van der Waals surface area contributed by atoms with Crippen LogP contribution in [-0.2, 0) is 0 Å².